The van der Waals surface area contributed by atoms with Crippen LogP contribution in [-0.2, 0) is 4.74 Å². The van der Waals surface area contributed by atoms with Gasteiger partial charge in [0.25, 0.3) is 5.91 Å². The summed E-state index contributed by atoms with van der Waals surface area (Å²) < 4.78 is 5.37. The normalized spacial score (nSPS) is 17.0. The van der Waals surface area contributed by atoms with Crippen LogP contribution in [0.25, 0.3) is 11.3 Å². The highest BCUT2D eigenvalue weighted by atomic mass is 16.5. The van der Waals surface area contributed by atoms with Crippen molar-refractivity contribution in [2.45, 2.75) is 32.1 Å². The van der Waals surface area contributed by atoms with Crippen LogP contribution in [0.15, 0.2) is 48.0 Å². The monoisotopic (exact) mass is 392 g/mol. The first-order valence-electron chi connectivity index (χ1n) is 10.5. The Kier molecular flexibility index (Phi) is 6.52. The minimum absolute atomic E-state index is 0.0262. The molecule has 2 aromatic rings. The number of rotatable bonds is 6. The number of morpholine rings is 1. The fourth-order valence-electron chi connectivity index (χ4n) is 3.80. The van der Waals surface area contributed by atoms with Crippen LogP contribution < -0.4 is 10.2 Å². The lowest BCUT2D eigenvalue weighted by Gasteiger charge is -2.27. The molecule has 0 radical (unpaired) electrons. The average molecular weight is 393 g/mol. The number of nitrogens with one attached hydrogen (secondary N) is 1. The van der Waals surface area contributed by atoms with Gasteiger partial charge in [-0.1, -0.05) is 23.8 Å². The van der Waals surface area contributed by atoms with Crippen LogP contribution in [0, 0.1) is 0 Å². The lowest BCUT2D eigenvalue weighted by molar-refractivity contribution is 0.0954. The van der Waals surface area contributed by atoms with Crippen LogP contribution in [0.1, 0.15) is 42.5 Å². The highest BCUT2D eigenvalue weighted by molar-refractivity contribution is 5.94. The van der Waals surface area contributed by atoms with Crippen molar-refractivity contribution < 1.29 is 9.53 Å². The van der Waals surface area contributed by atoms with E-state index in [0.717, 1.165) is 49.8 Å². The van der Waals surface area contributed by atoms with E-state index >= 15 is 0 Å². The van der Waals surface area contributed by atoms with E-state index < -0.39 is 0 Å². The fraction of sp³-hybridized carbons (Fsp3) is 0.435. The molecule has 1 aliphatic carbocycles. The molecule has 2 aliphatic rings. The molecule has 0 saturated carbocycles. The highest BCUT2D eigenvalue weighted by Crippen LogP contribution is 2.21. The Hall–Kier alpha value is -2.73. The molecular formula is C23H28N4O2. The number of carbonyl (C=O) groups excluding carboxylic acids is 1. The summed E-state index contributed by atoms with van der Waals surface area (Å²) in [6.07, 6.45) is 8.21. The minimum atomic E-state index is -0.0262. The van der Waals surface area contributed by atoms with Crippen LogP contribution >= 0.6 is 0 Å². The number of ether oxygens (including phenoxy) is 1. The number of hydrogen-bond acceptors (Lipinski definition) is 5. The first-order valence-corrected chi connectivity index (χ1v) is 10.5. The molecule has 1 aliphatic heterocycles. The summed E-state index contributed by atoms with van der Waals surface area (Å²) in [7, 11) is 0. The van der Waals surface area contributed by atoms with Crippen molar-refractivity contribution >= 4 is 11.7 Å². The molecule has 1 aromatic carbocycles. The zero-order valence-corrected chi connectivity index (χ0v) is 16.8. The van der Waals surface area contributed by atoms with Crippen LogP contribution in [-0.4, -0.2) is 49.0 Å². The van der Waals surface area contributed by atoms with Crippen molar-refractivity contribution in [3.63, 3.8) is 0 Å². The van der Waals surface area contributed by atoms with Crippen LogP contribution in [0.2, 0.25) is 0 Å². The zero-order valence-electron chi connectivity index (χ0n) is 16.8. The number of anilines is 1. The Morgan fingerprint density at radius 3 is 2.55 bits per heavy atom. The molecule has 0 unspecified atom stereocenters. The van der Waals surface area contributed by atoms with Crippen molar-refractivity contribution in [1.82, 2.24) is 15.5 Å². The number of aromatic nitrogens is 2. The summed E-state index contributed by atoms with van der Waals surface area (Å²) in [6, 6.07) is 11.5. The highest BCUT2D eigenvalue weighted by Gasteiger charge is 2.13. The molecule has 1 aromatic heterocycles. The van der Waals surface area contributed by atoms with Gasteiger partial charge < -0.3 is 15.0 Å². The van der Waals surface area contributed by atoms with Crippen molar-refractivity contribution in [2.24, 2.45) is 0 Å². The Balaban J connectivity index is 1.32. The van der Waals surface area contributed by atoms with Crippen LogP contribution in [0.4, 0.5) is 5.82 Å². The third-order valence-corrected chi connectivity index (χ3v) is 5.55. The molecule has 29 heavy (non-hydrogen) atoms. The maximum Gasteiger partial charge on any atom is 0.251 e. The molecule has 152 valence electrons. The summed E-state index contributed by atoms with van der Waals surface area (Å²) in [6.45, 7) is 3.83. The second-order valence-electron chi connectivity index (χ2n) is 7.57. The summed E-state index contributed by atoms with van der Waals surface area (Å²) in [4.78, 5) is 14.6. The average Bonchev–Trinajstić information content (AvgIpc) is 2.80. The Morgan fingerprint density at radius 1 is 1.03 bits per heavy atom. The van der Waals surface area contributed by atoms with Crippen molar-refractivity contribution in [2.75, 3.05) is 37.7 Å². The Morgan fingerprint density at radius 2 is 1.86 bits per heavy atom. The van der Waals surface area contributed by atoms with E-state index in [0.29, 0.717) is 12.1 Å². The molecule has 4 rings (SSSR count). The second kappa shape index (κ2) is 9.65. The molecule has 0 bridgehead atoms. The molecule has 1 amide bonds. The van der Waals surface area contributed by atoms with Gasteiger partial charge in [0, 0.05) is 30.8 Å². The first-order chi connectivity index (χ1) is 14.3. The smallest absolute Gasteiger partial charge is 0.251 e. The van der Waals surface area contributed by atoms with E-state index in [4.69, 9.17) is 4.74 Å². The van der Waals surface area contributed by atoms with Crippen molar-refractivity contribution in [3.05, 3.63) is 53.6 Å². The van der Waals surface area contributed by atoms with E-state index in [2.05, 4.69) is 26.5 Å². The number of allylic oxidation sites excluding steroid dienone is 1. The molecule has 0 spiro atoms. The topological polar surface area (TPSA) is 67.4 Å². The van der Waals surface area contributed by atoms with Gasteiger partial charge in [-0.3, -0.25) is 4.79 Å². The van der Waals surface area contributed by atoms with E-state index in [1.165, 1.54) is 31.3 Å². The lowest BCUT2D eigenvalue weighted by Crippen LogP contribution is -2.36. The van der Waals surface area contributed by atoms with E-state index in [-0.39, 0.29) is 5.91 Å². The Bertz CT molecular complexity index is 840. The summed E-state index contributed by atoms with van der Waals surface area (Å²) >= 11 is 0. The lowest BCUT2D eigenvalue weighted by atomic mass is 9.97. The summed E-state index contributed by atoms with van der Waals surface area (Å²) in [5, 5.41) is 11.7. The standard InChI is InChI=1S/C23H28N4O2/c28-23(24-13-12-18-4-2-1-3-5-18)20-8-6-19(7-9-20)21-10-11-22(26-25-21)27-14-16-29-17-15-27/h4,6-11H,1-3,5,12-17H2,(H,24,28). The van der Waals surface area contributed by atoms with Gasteiger partial charge in [0.1, 0.15) is 0 Å². The van der Waals surface area contributed by atoms with Gasteiger partial charge in [-0.05, 0) is 56.4 Å². The predicted octanol–water partition coefficient (Wildman–Crippen LogP) is 3.60. The molecule has 0 atom stereocenters. The molecule has 1 N–H and O–H groups in total. The molecular weight excluding hydrogens is 364 g/mol. The number of amides is 1. The predicted molar refractivity (Wildman–Crippen MR) is 114 cm³/mol. The molecule has 6 heteroatoms. The van der Waals surface area contributed by atoms with Crippen LogP contribution in [0.3, 0.4) is 0 Å². The van der Waals surface area contributed by atoms with E-state index in [1.54, 1.807) is 0 Å². The van der Waals surface area contributed by atoms with Crippen LogP contribution in [0.5, 0.6) is 0 Å². The largest absolute Gasteiger partial charge is 0.378 e. The van der Waals surface area contributed by atoms with Gasteiger partial charge in [0.15, 0.2) is 5.82 Å². The first kappa shape index (κ1) is 19.6. The van der Waals surface area contributed by atoms with Crippen molar-refractivity contribution in [3.8, 4) is 11.3 Å². The van der Waals surface area contributed by atoms with Gasteiger partial charge in [0.2, 0.25) is 0 Å². The van der Waals surface area contributed by atoms with Gasteiger partial charge in [0.05, 0.1) is 18.9 Å². The molecule has 1 saturated heterocycles. The number of hydrogen-bond donors (Lipinski definition) is 1. The van der Waals surface area contributed by atoms with Gasteiger partial charge >= 0.3 is 0 Å². The maximum absolute atomic E-state index is 12.4. The summed E-state index contributed by atoms with van der Waals surface area (Å²) in [5.74, 6) is 0.850. The minimum Gasteiger partial charge on any atom is -0.378 e. The quantitative estimate of drug-likeness (QED) is 0.761. The van der Waals surface area contributed by atoms with E-state index in [9.17, 15) is 4.79 Å². The SMILES string of the molecule is O=C(NCCC1=CCCCC1)c1ccc(-c2ccc(N3CCOCC3)nn2)cc1. The Labute approximate surface area is 172 Å². The van der Waals surface area contributed by atoms with Gasteiger partial charge in [-0.25, -0.2) is 0 Å². The number of nitrogens with zero attached hydrogens (tertiary/aromatic N) is 3. The maximum atomic E-state index is 12.4. The second-order valence-corrected chi connectivity index (χ2v) is 7.57. The molecule has 6 nitrogen and oxygen atoms in total. The third-order valence-electron chi connectivity index (χ3n) is 5.55. The van der Waals surface area contributed by atoms with Gasteiger partial charge in [-0.2, -0.15) is 0 Å². The zero-order chi connectivity index (χ0) is 19.9. The van der Waals surface area contributed by atoms with E-state index in [1.807, 2.05) is 36.4 Å². The van der Waals surface area contributed by atoms with Gasteiger partial charge in [-0.15, -0.1) is 10.2 Å². The summed E-state index contributed by atoms with van der Waals surface area (Å²) in [5.41, 5.74) is 3.91. The van der Waals surface area contributed by atoms with Crippen molar-refractivity contribution in [1.29, 1.82) is 0 Å². The fourth-order valence-corrected chi connectivity index (χ4v) is 3.80. The number of benzene rings is 1. The molecule has 1 fully saturated rings. The third kappa shape index (κ3) is 5.21. The number of carbonyl (C=O) groups is 1. The molecule has 2 heterocycles.